The van der Waals surface area contributed by atoms with Gasteiger partial charge in [-0.2, -0.15) is 0 Å². The Bertz CT molecular complexity index is 4360. The molecule has 26 heteroatoms. The quantitative estimate of drug-likeness (QED) is 0.0167. The maximum atomic E-state index is 14.3. The average molecular weight is 1480 g/mol. The number of rotatable bonds is 26. The Hall–Kier alpha value is -8.30. The summed E-state index contributed by atoms with van der Waals surface area (Å²) in [4.78, 5) is 91.2. The maximum Gasteiger partial charge on any atom is 0.293 e. The number of sulfonamides is 1. The number of unbranched alkanes of at least 4 members (excludes halogenated alkanes) is 2. The molecule has 6 heterocycles. The number of anilines is 2. The Kier molecular flexibility index (Phi) is 23.9. The summed E-state index contributed by atoms with van der Waals surface area (Å²) in [6, 6.07) is 27.1. The highest BCUT2D eigenvalue weighted by Crippen LogP contribution is 2.44. The van der Waals surface area contributed by atoms with Gasteiger partial charge in [-0.15, -0.1) is 11.3 Å². The number of hydrogen-bond donors (Lipinski definition) is 6. The number of nitro groups is 1. The molecule has 12 rings (SSSR count). The largest absolute Gasteiger partial charge is 0.455 e. The topological polar surface area (TPSA) is 281 Å². The molecule has 23 nitrogen and oxygen atoms in total. The Morgan fingerprint density at radius 1 is 0.865 bits per heavy atom. The third-order valence-corrected chi connectivity index (χ3v) is 24.0. The fraction of sp³-hybridized carbons (Fsp3) is 0.487. The molecule has 0 bridgehead atoms. The normalized spacial score (nSPS) is 20.3. The Morgan fingerprint density at radius 3 is 2.31 bits per heavy atom. The lowest BCUT2D eigenvalue weighted by atomic mass is 9.72. The molecule has 6 N–H and O–H groups in total. The summed E-state index contributed by atoms with van der Waals surface area (Å²) in [5, 5.41) is 34.0. The molecule has 0 spiro atoms. The van der Waals surface area contributed by atoms with E-state index in [1.807, 2.05) is 75.7 Å². The van der Waals surface area contributed by atoms with Crippen molar-refractivity contribution in [3.8, 4) is 21.9 Å². The molecule has 0 unspecified atom stereocenters. The Morgan fingerprint density at radius 2 is 1.60 bits per heavy atom. The van der Waals surface area contributed by atoms with Gasteiger partial charge in [-0.1, -0.05) is 94.6 Å². The third kappa shape index (κ3) is 18.8. The van der Waals surface area contributed by atoms with E-state index in [0.717, 1.165) is 154 Å². The van der Waals surface area contributed by atoms with Crippen molar-refractivity contribution in [3.63, 3.8) is 0 Å². The van der Waals surface area contributed by atoms with Crippen LogP contribution in [-0.2, 0) is 31.0 Å². The van der Waals surface area contributed by atoms with E-state index in [4.69, 9.17) is 16.3 Å². The standard InChI is InChI=1S/C78H98ClN13O10S2/c1-51-71(103-50-84-51)55-15-11-52(12-16-55)46-83-75(96)68-42-61(93)49-91(68)76(97)72(77(2,3)4)85-70(94)10-8-7-9-31-87-32-36-89(37-33-87)59-21-13-53(14-22-59)45-81-66-26-24-63(43-67(66)92(98)99)104(100,101)86-74(95)64-25-23-60(41-69(64)102-62-40-56-28-30-80-73(56)82-47-62)90-38-34-88(35-39-90)48-57-27-29-78(5,6)44-65(57)54-17-19-58(79)20-18-54/h11-12,15-20,23-26,28,30,40-41,43,47,50,53,59,61,68,72,81,93H,7-10,13-14,21-22,27,29,31-39,42,44-46,48-49H2,1-6H3,(H,80,82)(H,83,96)(H,85,94)(H,86,95)/t53?,59?,61-,68+,72-/m1/s1. The van der Waals surface area contributed by atoms with E-state index < -0.39 is 55.0 Å². The number of nitro benzene ring substituents is 1. The summed E-state index contributed by atoms with van der Waals surface area (Å²) in [5.41, 5.74) is 9.51. The first-order valence-corrected chi connectivity index (χ1v) is 39.3. The zero-order valence-electron chi connectivity index (χ0n) is 60.4. The molecule has 4 aromatic carbocycles. The van der Waals surface area contributed by atoms with Crippen molar-refractivity contribution in [2.75, 3.05) is 88.8 Å². The third-order valence-electron chi connectivity index (χ3n) is 21.5. The van der Waals surface area contributed by atoms with Gasteiger partial charge in [-0.25, -0.2) is 23.1 Å². The highest BCUT2D eigenvalue weighted by Gasteiger charge is 2.45. The minimum absolute atomic E-state index is 0.00778. The molecule has 4 fully saturated rings. The van der Waals surface area contributed by atoms with Gasteiger partial charge in [0.2, 0.25) is 17.7 Å². The van der Waals surface area contributed by atoms with Gasteiger partial charge < -0.3 is 45.5 Å². The maximum absolute atomic E-state index is 14.3. The summed E-state index contributed by atoms with van der Waals surface area (Å²) < 4.78 is 36.8. The molecule has 7 aromatic rings. The van der Waals surface area contributed by atoms with Gasteiger partial charge >= 0.3 is 0 Å². The number of nitrogens with zero attached hydrogens (tertiary/aromatic N) is 8. The van der Waals surface area contributed by atoms with E-state index in [-0.39, 0.29) is 72.0 Å². The number of aliphatic hydroxyl groups excluding tert-OH is 1. The van der Waals surface area contributed by atoms with Crippen molar-refractivity contribution in [2.45, 2.75) is 154 Å². The van der Waals surface area contributed by atoms with Gasteiger partial charge in [0.05, 0.1) is 43.8 Å². The molecule has 554 valence electrons. The molecule has 0 radical (unpaired) electrons. The van der Waals surface area contributed by atoms with Crippen molar-refractivity contribution in [1.82, 2.24) is 49.9 Å². The van der Waals surface area contributed by atoms with Gasteiger partial charge in [0.15, 0.2) is 0 Å². The summed E-state index contributed by atoms with van der Waals surface area (Å²) in [6.45, 7) is 21.6. The predicted molar refractivity (Wildman–Crippen MR) is 407 cm³/mol. The molecule has 1 saturated carbocycles. The monoisotopic (exact) mass is 1480 g/mol. The van der Waals surface area contributed by atoms with E-state index in [2.05, 4.69) is 81.2 Å². The predicted octanol–water partition coefficient (Wildman–Crippen LogP) is 12.2. The number of carbonyl (C=O) groups is 4. The van der Waals surface area contributed by atoms with Crippen LogP contribution in [0.5, 0.6) is 11.5 Å². The lowest BCUT2D eigenvalue weighted by Gasteiger charge is -2.42. The van der Waals surface area contributed by atoms with E-state index in [0.29, 0.717) is 43.5 Å². The summed E-state index contributed by atoms with van der Waals surface area (Å²) >= 11 is 7.87. The van der Waals surface area contributed by atoms with E-state index >= 15 is 0 Å². The van der Waals surface area contributed by atoms with Gasteiger partial charge in [0, 0.05) is 132 Å². The number of aliphatic hydroxyl groups is 1. The number of piperazine rings is 2. The number of halogens is 1. The van der Waals surface area contributed by atoms with Crippen LogP contribution >= 0.6 is 22.9 Å². The van der Waals surface area contributed by atoms with Crippen LogP contribution in [0.15, 0.2) is 125 Å². The number of amides is 4. The second-order valence-electron chi connectivity index (χ2n) is 30.6. The number of allylic oxidation sites excluding steroid dienone is 1. The Balaban J connectivity index is 0.576. The van der Waals surface area contributed by atoms with Crippen molar-refractivity contribution in [1.29, 1.82) is 0 Å². The number of pyridine rings is 1. The van der Waals surface area contributed by atoms with Crippen molar-refractivity contribution < 1.29 is 42.4 Å². The zero-order valence-corrected chi connectivity index (χ0v) is 62.8. The number of likely N-dealkylation sites (tertiary alicyclic amines) is 1. The van der Waals surface area contributed by atoms with Crippen LogP contribution in [0.25, 0.3) is 27.0 Å². The van der Waals surface area contributed by atoms with Gasteiger partial charge in [-0.3, -0.25) is 39.1 Å². The number of β-amino-alcohol motifs (C(OH)–C–C–N with tert-alkyl or cyclic N) is 1. The zero-order chi connectivity index (χ0) is 73.5. The molecule has 2 aliphatic carbocycles. The first kappa shape index (κ1) is 75.4. The SMILES string of the molecule is Cc1ncsc1-c1ccc(CNC(=O)[C@@H]2C[C@@H](O)CN2C(=O)[C@@H](NC(=O)CCCCCN2CCN(C3CCC(CNc4ccc(S(=O)(=O)NC(=O)c5ccc(N6CCN(CC7=C(c8ccc(Cl)cc8)CC(C)(C)CC7)CC6)cc5Oc5cnc6[nH]ccc6c5)cc4[N+](=O)[O-])CC3)CC2)C(C)(C)C)cc1. The lowest BCUT2D eigenvalue weighted by Crippen LogP contribution is -2.57. The highest BCUT2D eigenvalue weighted by molar-refractivity contribution is 7.90. The molecule has 104 heavy (non-hydrogen) atoms. The van der Waals surface area contributed by atoms with E-state index in [9.17, 15) is 42.8 Å². The van der Waals surface area contributed by atoms with Crippen molar-refractivity contribution in [2.24, 2.45) is 16.7 Å². The van der Waals surface area contributed by atoms with E-state index in [1.54, 1.807) is 41.8 Å². The van der Waals surface area contributed by atoms with Gasteiger partial charge in [0.1, 0.15) is 34.9 Å². The van der Waals surface area contributed by atoms with Gasteiger partial charge in [-0.05, 0) is 159 Å². The number of aromatic nitrogens is 3. The van der Waals surface area contributed by atoms with Gasteiger partial charge in [0.25, 0.3) is 21.6 Å². The minimum atomic E-state index is -4.64. The molecule has 3 saturated heterocycles. The molecule has 3 aromatic heterocycles. The number of thiazole rings is 1. The van der Waals surface area contributed by atoms with Crippen LogP contribution < -0.4 is 30.3 Å². The van der Waals surface area contributed by atoms with Crippen molar-refractivity contribution >= 4 is 90.3 Å². The number of hydrogen-bond acceptors (Lipinski definition) is 18. The molecule has 3 aliphatic heterocycles. The summed E-state index contributed by atoms with van der Waals surface area (Å²) in [5.74, 6) is -1.22. The number of fused-ring (bicyclic) bond motifs is 1. The first-order chi connectivity index (χ1) is 49.8. The fourth-order valence-corrected chi connectivity index (χ4v) is 17.3. The number of ether oxygens (including phenoxy) is 1. The van der Waals surface area contributed by atoms with Crippen LogP contribution in [0.2, 0.25) is 5.02 Å². The number of benzene rings is 4. The average Bonchev–Trinajstić information content (AvgIpc) is 0.824. The number of H-pyrrole nitrogens is 1. The second-order valence-corrected chi connectivity index (χ2v) is 33.6. The van der Waals surface area contributed by atoms with Crippen molar-refractivity contribution in [3.05, 3.63) is 158 Å². The van der Waals surface area contributed by atoms with Crippen LogP contribution in [0, 0.1) is 33.8 Å². The Labute approximate surface area is 618 Å². The van der Waals surface area contributed by atoms with E-state index in [1.165, 1.54) is 39.9 Å². The number of nitrogens with one attached hydrogen (secondary N) is 5. The lowest BCUT2D eigenvalue weighted by molar-refractivity contribution is -0.384. The van der Waals surface area contributed by atoms with Crippen LogP contribution in [-0.4, -0.2) is 179 Å². The number of aryl methyl sites for hydroxylation is 1. The number of carbonyl (C=O) groups excluding carboxylic acids is 4. The highest BCUT2D eigenvalue weighted by atomic mass is 35.5. The molecule has 4 amide bonds. The first-order valence-electron chi connectivity index (χ1n) is 36.6. The number of aromatic amines is 1. The van der Waals surface area contributed by atoms with Crippen LogP contribution in [0.3, 0.4) is 0 Å². The second kappa shape index (κ2) is 33.0. The minimum Gasteiger partial charge on any atom is -0.455 e. The fourth-order valence-electron chi connectivity index (χ4n) is 15.3. The summed E-state index contributed by atoms with van der Waals surface area (Å²) in [7, 11) is -4.64. The summed E-state index contributed by atoms with van der Waals surface area (Å²) in [6.07, 6.45) is 12.3. The molecule has 5 aliphatic rings. The van der Waals surface area contributed by atoms with Crippen LogP contribution in [0.4, 0.5) is 17.1 Å². The molecule has 3 atom stereocenters. The molecular formula is C78H98ClN13O10S2. The van der Waals surface area contributed by atoms with Crippen LogP contribution in [0.1, 0.15) is 139 Å². The smallest absolute Gasteiger partial charge is 0.293 e. The molecular weight excluding hydrogens is 1380 g/mol.